The molecule has 0 spiro atoms. The van der Waals surface area contributed by atoms with Gasteiger partial charge in [0, 0.05) is 47.7 Å². The van der Waals surface area contributed by atoms with Gasteiger partial charge in [0.05, 0.1) is 14.2 Å². The number of hydrogen-bond donors (Lipinski definition) is 2. The van der Waals surface area contributed by atoms with Crippen LogP contribution < -0.4 is 19.3 Å². The molecule has 6 heteroatoms. The van der Waals surface area contributed by atoms with E-state index in [1.807, 2.05) is 24.3 Å². The average molecular weight is 386 g/mol. The molecule has 0 aliphatic carbocycles. The first kappa shape index (κ1) is 20.0. The van der Waals surface area contributed by atoms with Crippen molar-refractivity contribution in [2.45, 2.75) is 51.9 Å². The maximum atomic E-state index is 9.95. The van der Waals surface area contributed by atoms with Crippen molar-refractivity contribution in [3.05, 3.63) is 36.4 Å². The van der Waals surface area contributed by atoms with E-state index in [0.29, 0.717) is 11.5 Å². The fourth-order valence-corrected chi connectivity index (χ4v) is 4.27. The van der Waals surface area contributed by atoms with Crippen molar-refractivity contribution >= 4 is 11.4 Å². The minimum absolute atomic E-state index is 0.141. The van der Waals surface area contributed by atoms with Gasteiger partial charge in [0.2, 0.25) is 0 Å². The third-order valence-corrected chi connectivity index (χ3v) is 6.07. The van der Waals surface area contributed by atoms with Crippen molar-refractivity contribution in [1.82, 2.24) is 0 Å². The molecule has 2 aromatic carbocycles. The number of phenols is 2. The Kier molecular flexibility index (Phi) is 5.49. The molecule has 0 amide bonds. The van der Waals surface area contributed by atoms with E-state index in [4.69, 9.17) is 9.47 Å². The lowest BCUT2D eigenvalue weighted by Crippen LogP contribution is -2.66. The van der Waals surface area contributed by atoms with E-state index in [0.717, 1.165) is 11.4 Å². The van der Waals surface area contributed by atoms with Crippen LogP contribution in [-0.4, -0.2) is 48.6 Å². The summed E-state index contributed by atoms with van der Waals surface area (Å²) in [6.07, 6.45) is 0. The third kappa shape index (κ3) is 3.28. The maximum absolute atomic E-state index is 9.95. The highest BCUT2D eigenvalue weighted by atomic mass is 16.5. The summed E-state index contributed by atoms with van der Waals surface area (Å²) in [7, 11) is 3.13. The zero-order valence-electron chi connectivity index (χ0n) is 17.4. The molecule has 1 heterocycles. The van der Waals surface area contributed by atoms with Crippen LogP contribution in [0.5, 0.6) is 23.0 Å². The standard InChI is InChI=1S/C22H30N2O4/c1-13-14(2)24(18-8-10-20(26)22(12-18)28-6)16(4)15(3)23(13)17-7-9-19(25)21(11-17)27-5/h7-16,25-26H,1-6H3. The summed E-state index contributed by atoms with van der Waals surface area (Å²) in [5, 5.41) is 19.9. The number of benzene rings is 2. The van der Waals surface area contributed by atoms with Gasteiger partial charge in [0.25, 0.3) is 0 Å². The number of methoxy groups -OCH3 is 2. The van der Waals surface area contributed by atoms with E-state index < -0.39 is 0 Å². The van der Waals surface area contributed by atoms with Gasteiger partial charge in [-0.25, -0.2) is 0 Å². The Morgan fingerprint density at radius 3 is 1.25 bits per heavy atom. The number of anilines is 2. The molecule has 152 valence electrons. The van der Waals surface area contributed by atoms with Crippen LogP contribution >= 0.6 is 0 Å². The van der Waals surface area contributed by atoms with Crippen LogP contribution in [0, 0.1) is 0 Å². The van der Waals surface area contributed by atoms with Gasteiger partial charge < -0.3 is 29.5 Å². The number of piperazine rings is 1. The Balaban J connectivity index is 1.97. The van der Waals surface area contributed by atoms with Crippen molar-refractivity contribution in [1.29, 1.82) is 0 Å². The van der Waals surface area contributed by atoms with Crippen LogP contribution in [0.1, 0.15) is 27.7 Å². The number of ether oxygens (including phenoxy) is 2. The molecule has 1 saturated heterocycles. The molecule has 0 radical (unpaired) electrons. The van der Waals surface area contributed by atoms with Gasteiger partial charge in [-0.15, -0.1) is 0 Å². The van der Waals surface area contributed by atoms with Crippen molar-refractivity contribution in [3.8, 4) is 23.0 Å². The van der Waals surface area contributed by atoms with Crippen molar-refractivity contribution in [3.63, 3.8) is 0 Å². The quantitative estimate of drug-likeness (QED) is 0.828. The molecule has 28 heavy (non-hydrogen) atoms. The Hall–Kier alpha value is -2.76. The molecule has 0 saturated carbocycles. The Morgan fingerprint density at radius 2 is 0.964 bits per heavy atom. The molecule has 4 unspecified atom stereocenters. The van der Waals surface area contributed by atoms with E-state index in [2.05, 4.69) is 37.5 Å². The Bertz CT molecular complexity index is 756. The highest BCUT2D eigenvalue weighted by Crippen LogP contribution is 2.40. The van der Waals surface area contributed by atoms with Crippen LogP contribution in [0.2, 0.25) is 0 Å². The summed E-state index contributed by atoms with van der Waals surface area (Å²) in [6, 6.07) is 11.8. The lowest BCUT2D eigenvalue weighted by atomic mass is 9.92. The molecule has 0 aromatic heterocycles. The van der Waals surface area contributed by atoms with Gasteiger partial charge in [-0.3, -0.25) is 0 Å². The molecule has 0 bridgehead atoms. The van der Waals surface area contributed by atoms with Gasteiger partial charge in [0.1, 0.15) is 0 Å². The first-order valence-corrected chi connectivity index (χ1v) is 9.60. The van der Waals surface area contributed by atoms with E-state index in [1.54, 1.807) is 26.4 Å². The summed E-state index contributed by atoms with van der Waals surface area (Å²) in [6.45, 7) is 8.82. The Labute approximate surface area is 166 Å². The van der Waals surface area contributed by atoms with Gasteiger partial charge >= 0.3 is 0 Å². The number of hydrogen-bond acceptors (Lipinski definition) is 6. The summed E-state index contributed by atoms with van der Waals surface area (Å²) in [4.78, 5) is 4.76. The number of aromatic hydroxyl groups is 2. The lowest BCUT2D eigenvalue weighted by Gasteiger charge is -2.54. The SMILES string of the molecule is COc1cc(N2C(C)C(C)N(c3ccc(O)c(OC)c3)C(C)C2C)ccc1O. The highest BCUT2D eigenvalue weighted by Gasteiger charge is 2.40. The second kappa shape index (κ2) is 7.70. The van der Waals surface area contributed by atoms with Crippen molar-refractivity contribution < 1.29 is 19.7 Å². The smallest absolute Gasteiger partial charge is 0.162 e. The summed E-state index contributed by atoms with van der Waals surface area (Å²) in [5.74, 6) is 1.23. The monoisotopic (exact) mass is 386 g/mol. The number of nitrogens with zero attached hydrogens (tertiary/aromatic N) is 2. The van der Waals surface area contributed by atoms with Gasteiger partial charge in [-0.05, 0) is 52.0 Å². The molecule has 3 rings (SSSR count). The molecular formula is C22H30N2O4. The fraction of sp³-hybridized carbons (Fsp3) is 0.455. The van der Waals surface area contributed by atoms with Crippen LogP contribution in [0.4, 0.5) is 11.4 Å². The fourth-order valence-electron chi connectivity index (χ4n) is 4.27. The molecule has 2 aromatic rings. The first-order valence-electron chi connectivity index (χ1n) is 9.60. The summed E-state index contributed by atoms with van der Waals surface area (Å²) < 4.78 is 10.6. The second-order valence-electron chi connectivity index (χ2n) is 7.49. The number of rotatable bonds is 4. The largest absolute Gasteiger partial charge is 0.504 e. The van der Waals surface area contributed by atoms with E-state index in [-0.39, 0.29) is 35.7 Å². The molecule has 1 fully saturated rings. The van der Waals surface area contributed by atoms with Crippen molar-refractivity contribution in [2.75, 3.05) is 24.0 Å². The minimum Gasteiger partial charge on any atom is -0.504 e. The van der Waals surface area contributed by atoms with Gasteiger partial charge in [0.15, 0.2) is 23.0 Å². The van der Waals surface area contributed by atoms with E-state index in [1.165, 1.54) is 0 Å². The second-order valence-corrected chi connectivity index (χ2v) is 7.49. The zero-order chi connectivity index (χ0) is 20.6. The van der Waals surface area contributed by atoms with E-state index in [9.17, 15) is 10.2 Å². The molecular weight excluding hydrogens is 356 g/mol. The summed E-state index contributed by atoms with van der Waals surface area (Å²) >= 11 is 0. The molecule has 4 atom stereocenters. The van der Waals surface area contributed by atoms with Crippen LogP contribution in [0.3, 0.4) is 0 Å². The van der Waals surface area contributed by atoms with Gasteiger partial charge in [-0.2, -0.15) is 0 Å². The number of phenolic OH excluding ortho intramolecular Hbond substituents is 2. The normalized spacial score (nSPS) is 24.9. The predicted octanol–water partition coefficient (Wildman–Crippen LogP) is 4.00. The van der Waals surface area contributed by atoms with Crippen molar-refractivity contribution in [2.24, 2.45) is 0 Å². The minimum atomic E-state index is 0.141. The molecule has 6 nitrogen and oxygen atoms in total. The molecule has 1 aliphatic heterocycles. The van der Waals surface area contributed by atoms with Gasteiger partial charge in [-0.1, -0.05) is 0 Å². The molecule has 2 N–H and O–H groups in total. The maximum Gasteiger partial charge on any atom is 0.162 e. The first-order chi connectivity index (χ1) is 13.3. The highest BCUT2D eigenvalue weighted by molar-refractivity contribution is 5.62. The third-order valence-electron chi connectivity index (χ3n) is 6.07. The van der Waals surface area contributed by atoms with Crippen LogP contribution in [0.25, 0.3) is 0 Å². The average Bonchev–Trinajstić information content (AvgIpc) is 2.69. The summed E-state index contributed by atoms with van der Waals surface area (Å²) in [5.41, 5.74) is 2.05. The van der Waals surface area contributed by atoms with Crippen LogP contribution in [-0.2, 0) is 0 Å². The molecule has 1 aliphatic rings. The van der Waals surface area contributed by atoms with E-state index >= 15 is 0 Å². The Morgan fingerprint density at radius 1 is 0.643 bits per heavy atom. The zero-order valence-corrected chi connectivity index (χ0v) is 17.4. The van der Waals surface area contributed by atoms with Crippen LogP contribution in [0.15, 0.2) is 36.4 Å². The topological polar surface area (TPSA) is 65.4 Å². The predicted molar refractivity (Wildman–Crippen MR) is 112 cm³/mol. The lowest BCUT2D eigenvalue weighted by molar-refractivity contribution is 0.342.